The quantitative estimate of drug-likeness (QED) is 0.657. The number of hydrogen-bond donors (Lipinski definition) is 0. The van der Waals surface area contributed by atoms with E-state index in [-0.39, 0.29) is 11.3 Å². The molecule has 0 radical (unpaired) electrons. The van der Waals surface area contributed by atoms with E-state index in [0.717, 1.165) is 17.0 Å². The molecule has 0 bridgehead atoms. The Bertz CT molecular complexity index is 376. The number of thioether (sulfide) groups is 1. The van der Waals surface area contributed by atoms with Gasteiger partial charge in [0.2, 0.25) is 0 Å². The number of hydrogen-bond acceptors (Lipinski definition) is 3. The van der Waals surface area contributed by atoms with Crippen molar-refractivity contribution in [2.45, 2.75) is 32.1 Å². The second-order valence-electron chi connectivity index (χ2n) is 4.50. The van der Waals surface area contributed by atoms with Crippen molar-refractivity contribution in [3.63, 3.8) is 0 Å². The molecule has 0 aliphatic carbocycles. The van der Waals surface area contributed by atoms with Crippen LogP contribution in [0.25, 0.3) is 0 Å². The van der Waals surface area contributed by atoms with Crippen LogP contribution in [0.2, 0.25) is 0 Å². The maximum absolute atomic E-state index is 11.6. The van der Waals surface area contributed by atoms with E-state index in [1.165, 1.54) is 0 Å². The van der Waals surface area contributed by atoms with Gasteiger partial charge in [0.15, 0.2) is 5.78 Å². The van der Waals surface area contributed by atoms with Crippen molar-refractivity contribution >= 4 is 17.5 Å². The maximum atomic E-state index is 11.6. The fourth-order valence-corrected chi connectivity index (χ4v) is 2.56. The van der Waals surface area contributed by atoms with Crippen LogP contribution < -0.4 is 0 Å². The zero-order valence-electron chi connectivity index (χ0n) is 8.70. The number of fused-ring (bicyclic) bond motifs is 1. The van der Waals surface area contributed by atoms with Crippen molar-refractivity contribution in [3.05, 3.63) is 17.5 Å². The molecular formula is C10H14N2OS. The van der Waals surface area contributed by atoms with E-state index < -0.39 is 0 Å². The summed E-state index contributed by atoms with van der Waals surface area (Å²) in [6, 6.07) is 0. The third-order valence-corrected chi connectivity index (χ3v) is 3.22. The molecule has 2 rings (SSSR count). The molecule has 0 saturated carbocycles. The van der Waals surface area contributed by atoms with Gasteiger partial charge in [0.05, 0.1) is 28.7 Å². The number of Topliss-reactive ketones (excluding diaryl/α,β-unsaturated/α-hetero) is 1. The van der Waals surface area contributed by atoms with Crippen LogP contribution in [0.15, 0.2) is 6.20 Å². The molecule has 4 heteroatoms. The highest BCUT2D eigenvalue weighted by Crippen LogP contribution is 2.27. The topological polar surface area (TPSA) is 34.9 Å². The highest BCUT2D eigenvalue weighted by atomic mass is 32.2. The van der Waals surface area contributed by atoms with Crippen molar-refractivity contribution in [3.8, 4) is 0 Å². The van der Waals surface area contributed by atoms with Gasteiger partial charge in [0, 0.05) is 5.75 Å². The van der Waals surface area contributed by atoms with Crippen LogP contribution in [0.5, 0.6) is 0 Å². The van der Waals surface area contributed by atoms with Crippen LogP contribution in [0.1, 0.15) is 36.8 Å². The van der Waals surface area contributed by atoms with E-state index in [9.17, 15) is 4.79 Å². The zero-order chi connectivity index (χ0) is 10.3. The number of nitrogens with zero attached hydrogens (tertiary/aromatic N) is 2. The molecule has 14 heavy (non-hydrogen) atoms. The van der Waals surface area contributed by atoms with Crippen LogP contribution in [-0.2, 0) is 11.3 Å². The first kappa shape index (κ1) is 9.77. The molecule has 1 aromatic heterocycles. The van der Waals surface area contributed by atoms with Gasteiger partial charge in [-0.3, -0.25) is 9.48 Å². The van der Waals surface area contributed by atoms with E-state index in [0.29, 0.717) is 5.75 Å². The highest BCUT2D eigenvalue weighted by molar-refractivity contribution is 7.99. The molecule has 0 unspecified atom stereocenters. The van der Waals surface area contributed by atoms with E-state index in [4.69, 9.17) is 0 Å². The molecule has 0 N–H and O–H groups in total. The molecule has 1 aromatic rings. The Morgan fingerprint density at radius 2 is 2.14 bits per heavy atom. The minimum absolute atomic E-state index is 0.0359. The van der Waals surface area contributed by atoms with Gasteiger partial charge in [-0.1, -0.05) is 0 Å². The normalized spacial score (nSPS) is 16.9. The predicted molar refractivity (Wildman–Crippen MR) is 57.7 cm³/mol. The number of aromatic nitrogens is 2. The van der Waals surface area contributed by atoms with E-state index in [2.05, 4.69) is 25.9 Å². The molecule has 76 valence electrons. The molecule has 0 atom stereocenters. The fourth-order valence-electron chi connectivity index (χ4n) is 1.64. The largest absolute Gasteiger partial charge is 0.293 e. The van der Waals surface area contributed by atoms with Gasteiger partial charge in [-0.05, 0) is 20.8 Å². The fraction of sp³-hybridized carbons (Fsp3) is 0.600. The van der Waals surface area contributed by atoms with E-state index in [1.807, 2.05) is 4.68 Å². The lowest BCUT2D eigenvalue weighted by atomic mass is 10.1. The molecule has 0 saturated heterocycles. The Labute approximate surface area is 87.9 Å². The lowest BCUT2D eigenvalue weighted by Gasteiger charge is -2.23. The number of carbonyl (C=O) groups excluding carboxylic acids is 1. The lowest BCUT2D eigenvalue weighted by Crippen LogP contribution is -2.26. The SMILES string of the molecule is CC(C)(C)n1ncc2c1CSCC2=O. The summed E-state index contributed by atoms with van der Waals surface area (Å²) in [4.78, 5) is 11.6. The van der Waals surface area contributed by atoms with Crippen LogP contribution in [0.3, 0.4) is 0 Å². The van der Waals surface area contributed by atoms with Gasteiger partial charge in [-0.2, -0.15) is 5.10 Å². The highest BCUT2D eigenvalue weighted by Gasteiger charge is 2.26. The van der Waals surface area contributed by atoms with Crippen LogP contribution in [-0.4, -0.2) is 21.3 Å². The van der Waals surface area contributed by atoms with Gasteiger partial charge in [-0.15, -0.1) is 11.8 Å². The monoisotopic (exact) mass is 210 g/mol. The Morgan fingerprint density at radius 1 is 1.43 bits per heavy atom. The number of rotatable bonds is 0. The van der Waals surface area contributed by atoms with Crippen LogP contribution >= 0.6 is 11.8 Å². The smallest absolute Gasteiger partial charge is 0.176 e. The molecule has 1 aliphatic heterocycles. The summed E-state index contributed by atoms with van der Waals surface area (Å²) in [7, 11) is 0. The summed E-state index contributed by atoms with van der Waals surface area (Å²) in [5.74, 6) is 1.72. The van der Waals surface area contributed by atoms with Gasteiger partial charge >= 0.3 is 0 Å². The molecule has 3 nitrogen and oxygen atoms in total. The van der Waals surface area contributed by atoms with E-state index >= 15 is 0 Å². The Morgan fingerprint density at radius 3 is 2.79 bits per heavy atom. The van der Waals surface area contributed by atoms with Crippen LogP contribution in [0, 0.1) is 0 Å². The van der Waals surface area contributed by atoms with Crippen molar-refractivity contribution in [1.82, 2.24) is 9.78 Å². The number of carbonyl (C=O) groups is 1. The third kappa shape index (κ3) is 1.47. The summed E-state index contributed by atoms with van der Waals surface area (Å²) < 4.78 is 1.96. The van der Waals surface area contributed by atoms with Crippen LogP contribution in [0.4, 0.5) is 0 Å². The first-order valence-electron chi connectivity index (χ1n) is 4.68. The van der Waals surface area contributed by atoms with Crippen molar-refractivity contribution in [2.24, 2.45) is 0 Å². The van der Waals surface area contributed by atoms with Crippen molar-refractivity contribution in [2.75, 3.05) is 5.75 Å². The van der Waals surface area contributed by atoms with Gasteiger partial charge < -0.3 is 0 Å². The minimum Gasteiger partial charge on any atom is -0.293 e. The molecule has 0 fully saturated rings. The summed E-state index contributed by atoms with van der Waals surface area (Å²) in [6.45, 7) is 6.30. The maximum Gasteiger partial charge on any atom is 0.176 e. The van der Waals surface area contributed by atoms with Crippen molar-refractivity contribution in [1.29, 1.82) is 0 Å². The lowest BCUT2D eigenvalue weighted by molar-refractivity contribution is 0.102. The minimum atomic E-state index is -0.0359. The standard InChI is InChI=1S/C10H14N2OS/c1-10(2,3)12-8-5-14-6-9(13)7(8)4-11-12/h4H,5-6H2,1-3H3. The second-order valence-corrected chi connectivity index (χ2v) is 5.49. The zero-order valence-corrected chi connectivity index (χ0v) is 9.52. The van der Waals surface area contributed by atoms with Gasteiger partial charge in [0.25, 0.3) is 0 Å². The second kappa shape index (κ2) is 3.12. The summed E-state index contributed by atoms with van der Waals surface area (Å²) in [5.41, 5.74) is 1.86. The van der Waals surface area contributed by atoms with Gasteiger partial charge in [0.1, 0.15) is 0 Å². The molecular weight excluding hydrogens is 196 g/mol. The molecule has 0 amide bonds. The van der Waals surface area contributed by atoms with Crippen molar-refractivity contribution < 1.29 is 4.79 Å². The molecule has 0 spiro atoms. The average molecular weight is 210 g/mol. The van der Waals surface area contributed by atoms with E-state index in [1.54, 1.807) is 18.0 Å². The molecule has 0 aromatic carbocycles. The summed E-state index contributed by atoms with van der Waals surface area (Å²) in [6.07, 6.45) is 1.71. The Hall–Kier alpha value is -0.770. The Kier molecular flexibility index (Phi) is 2.18. The third-order valence-electron chi connectivity index (χ3n) is 2.28. The predicted octanol–water partition coefficient (Wildman–Crippen LogP) is 2.07. The molecule has 1 aliphatic rings. The summed E-state index contributed by atoms with van der Waals surface area (Å²) >= 11 is 1.67. The summed E-state index contributed by atoms with van der Waals surface area (Å²) in [5, 5.41) is 4.30. The first-order chi connectivity index (χ1) is 6.50. The Balaban J connectivity index is 2.51. The average Bonchev–Trinajstić information content (AvgIpc) is 2.47. The van der Waals surface area contributed by atoms with Gasteiger partial charge in [-0.25, -0.2) is 0 Å². The molecule has 2 heterocycles. The first-order valence-corrected chi connectivity index (χ1v) is 5.84. The number of ketones is 1.